The molecule has 0 aliphatic carbocycles. The summed E-state index contributed by atoms with van der Waals surface area (Å²) in [7, 11) is 0. The molecule has 0 unspecified atom stereocenters. The lowest BCUT2D eigenvalue weighted by atomic mass is 10.1. The van der Waals surface area contributed by atoms with Crippen LogP contribution in [0.1, 0.15) is 26.2 Å². The highest BCUT2D eigenvalue weighted by atomic mass is 32.2. The van der Waals surface area contributed by atoms with Crippen LogP contribution in [0.3, 0.4) is 0 Å². The maximum atomic E-state index is 12.8. The van der Waals surface area contributed by atoms with Crippen molar-refractivity contribution in [2.45, 2.75) is 37.9 Å². The predicted molar refractivity (Wildman–Crippen MR) is 102 cm³/mol. The predicted octanol–water partition coefficient (Wildman–Crippen LogP) is 3.08. The maximum absolute atomic E-state index is 12.8. The highest BCUT2D eigenvalue weighted by molar-refractivity contribution is 7.99. The van der Waals surface area contributed by atoms with Crippen molar-refractivity contribution in [2.75, 3.05) is 18.8 Å². The van der Waals surface area contributed by atoms with Crippen LogP contribution < -0.4 is 5.56 Å². The number of rotatable bonds is 5. The van der Waals surface area contributed by atoms with E-state index in [0.29, 0.717) is 28.4 Å². The molecule has 2 aromatic rings. The highest BCUT2D eigenvalue weighted by Crippen LogP contribution is 2.20. The molecule has 3 rings (SSSR count). The highest BCUT2D eigenvalue weighted by Gasteiger charge is 2.18. The molecule has 0 atom stereocenters. The van der Waals surface area contributed by atoms with E-state index in [9.17, 15) is 9.59 Å². The second-order valence-electron chi connectivity index (χ2n) is 6.49. The summed E-state index contributed by atoms with van der Waals surface area (Å²) in [6, 6.07) is 7.32. The zero-order valence-corrected chi connectivity index (χ0v) is 15.3. The van der Waals surface area contributed by atoms with Gasteiger partial charge in [0.15, 0.2) is 5.16 Å². The number of aromatic nitrogens is 2. The molecule has 0 bridgehead atoms. The third kappa shape index (κ3) is 4.12. The third-order valence-electron chi connectivity index (χ3n) is 4.29. The van der Waals surface area contributed by atoms with Crippen molar-refractivity contribution in [2.24, 2.45) is 0 Å². The van der Waals surface area contributed by atoms with E-state index in [1.807, 2.05) is 30.0 Å². The Labute approximate surface area is 151 Å². The van der Waals surface area contributed by atoms with E-state index in [2.05, 4.69) is 11.6 Å². The number of carbonyl (C=O) groups excluding carboxylic acids is 1. The number of hydrogen-bond donors (Lipinski definition) is 0. The van der Waals surface area contributed by atoms with E-state index in [1.165, 1.54) is 18.2 Å². The van der Waals surface area contributed by atoms with Gasteiger partial charge in [-0.15, -0.1) is 0 Å². The van der Waals surface area contributed by atoms with Gasteiger partial charge >= 0.3 is 0 Å². The number of hydrogen-bond acceptors (Lipinski definition) is 4. The smallest absolute Gasteiger partial charge is 0.262 e. The number of thioether (sulfide) groups is 1. The molecular formula is C19H23N3O2S. The Morgan fingerprint density at radius 2 is 1.96 bits per heavy atom. The van der Waals surface area contributed by atoms with Gasteiger partial charge in [0.25, 0.3) is 5.56 Å². The van der Waals surface area contributed by atoms with Crippen LogP contribution >= 0.6 is 11.8 Å². The van der Waals surface area contributed by atoms with Gasteiger partial charge < -0.3 is 4.90 Å². The molecule has 0 N–H and O–H groups in total. The van der Waals surface area contributed by atoms with Gasteiger partial charge in [0.1, 0.15) is 0 Å². The number of para-hydroxylation sites is 1. The van der Waals surface area contributed by atoms with Crippen LogP contribution in [0.5, 0.6) is 0 Å². The molecule has 1 fully saturated rings. The minimum Gasteiger partial charge on any atom is -0.342 e. The molecule has 1 saturated heterocycles. The Kier molecular flexibility index (Phi) is 5.58. The summed E-state index contributed by atoms with van der Waals surface area (Å²) >= 11 is 1.34. The molecule has 1 aromatic heterocycles. The van der Waals surface area contributed by atoms with Gasteiger partial charge in [-0.05, 0) is 38.3 Å². The number of benzene rings is 1. The van der Waals surface area contributed by atoms with Gasteiger partial charge in [0.2, 0.25) is 5.91 Å². The number of amides is 1. The van der Waals surface area contributed by atoms with Gasteiger partial charge in [-0.3, -0.25) is 14.2 Å². The fraction of sp³-hybridized carbons (Fsp3) is 0.421. The molecule has 132 valence electrons. The lowest BCUT2D eigenvalue weighted by molar-refractivity contribution is -0.129. The lowest BCUT2D eigenvalue weighted by Crippen LogP contribution is -2.37. The summed E-state index contributed by atoms with van der Waals surface area (Å²) < 4.78 is 1.62. The quantitative estimate of drug-likeness (QED) is 0.469. The monoisotopic (exact) mass is 357 g/mol. The van der Waals surface area contributed by atoms with Crippen LogP contribution in [-0.2, 0) is 11.3 Å². The number of likely N-dealkylation sites (tertiary alicyclic amines) is 1. The Morgan fingerprint density at radius 1 is 1.24 bits per heavy atom. The first-order chi connectivity index (χ1) is 12.1. The van der Waals surface area contributed by atoms with Crippen molar-refractivity contribution in [1.82, 2.24) is 14.5 Å². The molecule has 1 amide bonds. The molecule has 1 aromatic carbocycles. The summed E-state index contributed by atoms with van der Waals surface area (Å²) in [5.41, 5.74) is 1.46. The van der Waals surface area contributed by atoms with Crippen molar-refractivity contribution in [3.63, 3.8) is 0 Å². The van der Waals surface area contributed by atoms with Crippen molar-refractivity contribution in [1.29, 1.82) is 0 Å². The van der Waals surface area contributed by atoms with Crippen molar-refractivity contribution in [3.05, 3.63) is 46.8 Å². The first kappa shape index (κ1) is 17.7. The Hall–Kier alpha value is -2.08. The first-order valence-electron chi connectivity index (χ1n) is 8.61. The molecule has 0 saturated carbocycles. The van der Waals surface area contributed by atoms with Crippen LogP contribution in [0.2, 0.25) is 0 Å². The van der Waals surface area contributed by atoms with Crippen LogP contribution in [0.15, 0.2) is 46.4 Å². The van der Waals surface area contributed by atoms with E-state index < -0.39 is 0 Å². The van der Waals surface area contributed by atoms with Gasteiger partial charge in [-0.2, -0.15) is 0 Å². The minimum atomic E-state index is -0.0819. The van der Waals surface area contributed by atoms with E-state index >= 15 is 0 Å². The van der Waals surface area contributed by atoms with Crippen LogP contribution in [-0.4, -0.2) is 39.2 Å². The molecule has 1 aliphatic heterocycles. The summed E-state index contributed by atoms with van der Waals surface area (Å²) in [5, 5.41) is 1.17. The average Bonchev–Trinajstić information content (AvgIpc) is 2.63. The third-order valence-corrected chi connectivity index (χ3v) is 5.25. The van der Waals surface area contributed by atoms with E-state index in [0.717, 1.165) is 31.5 Å². The lowest BCUT2D eigenvalue weighted by Gasteiger charge is -2.26. The number of nitrogens with zero attached hydrogens (tertiary/aromatic N) is 3. The summed E-state index contributed by atoms with van der Waals surface area (Å²) in [4.78, 5) is 31.8. The molecule has 1 aliphatic rings. The Balaban J connectivity index is 1.87. The first-order valence-corrected chi connectivity index (χ1v) is 9.59. The molecule has 0 spiro atoms. The van der Waals surface area contributed by atoms with Gasteiger partial charge in [0, 0.05) is 19.6 Å². The molecule has 2 heterocycles. The molecule has 25 heavy (non-hydrogen) atoms. The van der Waals surface area contributed by atoms with Gasteiger partial charge in [-0.1, -0.05) is 36.0 Å². The SMILES string of the molecule is C=C(C)Cn1c(SCC(=O)N2CCCCC2)nc2ccccc2c1=O. The normalized spacial score (nSPS) is 14.7. The largest absolute Gasteiger partial charge is 0.342 e. The van der Waals surface area contributed by atoms with E-state index in [-0.39, 0.29) is 11.5 Å². The maximum Gasteiger partial charge on any atom is 0.262 e. The number of allylic oxidation sites excluding steroid dienone is 1. The average molecular weight is 357 g/mol. The van der Waals surface area contributed by atoms with Gasteiger partial charge in [0.05, 0.1) is 16.7 Å². The second-order valence-corrected chi connectivity index (χ2v) is 7.43. The zero-order valence-electron chi connectivity index (χ0n) is 14.5. The zero-order chi connectivity index (χ0) is 17.8. The van der Waals surface area contributed by atoms with E-state index in [4.69, 9.17) is 0 Å². The van der Waals surface area contributed by atoms with E-state index in [1.54, 1.807) is 10.6 Å². The van der Waals surface area contributed by atoms with Crippen LogP contribution in [0.4, 0.5) is 0 Å². The topological polar surface area (TPSA) is 55.2 Å². The number of piperidine rings is 1. The minimum absolute atomic E-state index is 0.0819. The molecule has 0 radical (unpaired) electrons. The molecular weight excluding hydrogens is 334 g/mol. The van der Waals surface area contributed by atoms with Crippen molar-refractivity contribution >= 4 is 28.6 Å². The van der Waals surface area contributed by atoms with Crippen molar-refractivity contribution < 1.29 is 4.79 Å². The van der Waals surface area contributed by atoms with Gasteiger partial charge in [-0.25, -0.2) is 4.98 Å². The summed E-state index contributed by atoms with van der Waals surface area (Å²) in [6.07, 6.45) is 3.34. The molecule has 6 heteroatoms. The second kappa shape index (κ2) is 7.87. The molecule has 5 nitrogen and oxygen atoms in total. The number of carbonyl (C=O) groups is 1. The van der Waals surface area contributed by atoms with Crippen LogP contribution in [0, 0.1) is 0 Å². The number of fused-ring (bicyclic) bond motifs is 1. The summed E-state index contributed by atoms with van der Waals surface area (Å²) in [5.74, 6) is 0.426. The standard InChI is InChI=1S/C19H23N3O2S/c1-14(2)12-22-18(24)15-8-4-5-9-16(15)20-19(22)25-13-17(23)21-10-6-3-7-11-21/h4-5,8-9H,1,3,6-7,10-13H2,2H3. The fourth-order valence-electron chi connectivity index (χ4n) is 3.03. The Morgan fingerprint density at radius 3 is 2.68 bits per heavy atom. The Bertz CT molecular complexity index is 853. The summed E-state index contributed by atoms with van der Waals surface area (Å²) in [6.45, 7) is 7.88. The van der Waals surface area contributed by atoms with Crippen molar-refractivity contribution in [3.8, 4) is 0 Å². The van der Waals surface area contributed by atoms with Crippen LogP contribution in [0.25, 0.3) is 10.9 Å². The fourth-order valence-corrected chi connectivity index (χ4v) is 3.93.